The minimum absolute atomic E-state index is 0.658. The topological polar surface area (TPSA) is 37.3 Å². The van der Waals surface area contributed by atoms with Gasteiger partial charge < -0.3 is 5.11 Å². The first-order valence-corrected chi connectivity index (χ1v) is 6.26. The van der Waals surface area contributed by atoms with Crippen LogP contribution in [-0.2, 0) is 5.60 Å². The fourth-order valence-electron chi connectivity index (χ4n) is 1.88. The van der Waals surface area contributed by atoms with Crippen LogP contribution in [0.1, 0.15) is 28.8 Å². The molecule has 0 spiro atoms. The number of aliphatic hydroxyl groups is 1. The molecule has 0 bridgehead atoms. The van der Waals surface area contributed by atoms with E-state index in [9.17, 15) is 9.90 Å². The van der Waals surface area contributed by atoms with E-state index in [1.807, 2.05) is 12.1 Å². The van der Waals surface area contributed by atoms with Gasteiger partial charge in [0, 0.05) is 11.3 Å². The van der Waals surface area contributed by atoms with E-state index in [2.05, 4.69) is 0 Å². The normalized spacial score (nSPS) is 26.2. The molecule has 0 radical (unpaired) electrons. The van der Waals surface area contributed by atoms with E-state index >= 15 is 0 Å². The number of benzene rings is 1. The van der Waals surface area contributed by atoms with Crippen LogP contribution in [0.15, 0.2) is 24.3 Å². The van der Waals surface area contributed by atoms with Gasteiger partial charge >= 0.3 is 0 Å². The molecule has 80 valence electrons. The van der Waals surface area contributed by atoms with Crippen LogP contribution in [0.5, 0.6) is 0 Å². The number of rotatable bonds is 2. The first-order chi connectivity index (χ1) is 7.24. The summed E-state index contributed by atoms with van der Waals surface area (Å²) in [5.41, 5.74) is 0.899. The third kappa shape index (κ3) is 2.24. The van der Waals surface area contributed by atoms with Crippen molar-refractivity contribution >= 4 is 18.0 Å². The number of hydrogen-bond acceptors (Lipinski definition) is 3. The van der Waals surface area contributed by atoms with Crippen LogP contribution in [0, 0.1) is 0 Å². The van der Waals surface area contributed by atoms with E-state index in [-0.39, 0.29) is 0 Å². The Bertz CT molecular complexity index is 339. The molecule has 0 amide bonds. The predicted octanol–water partition coefficient (Wildman–Crippen LogP) is 2.21. The fraction of sp³-hybridized carbons (Fsp3) is 0.417. The Hall–Kier alpha value is -0.800. The largest absolute Gasteiger partial charge is 0.384 e. The van der Waals surface area contributed by atoms with Crippen LogP contribution in [0.4, 0.5) is 0 Å². The summed E-state index contributed by atoms with van der Waals surface area (Å²) in [6.07, 6.45) is 2.69. The summed E-state index contributed by atoms with van der Waals surface area (Å²) in [6.45, 7) is 0. The lowest BCUT2D eigenvalue weighted by molar-refractivity contribution is 0.0495. The highest BCUT2D eigenvalue weighted by molar-refractivity contribution is 7.99. The third-order valence-corrected chi connectivity index (χ3v) is 4.06. The highest BCUT2D eigenvalue weighted by Crippen LogP contribution is 2.35. The maximum absolute atomic E-state index is 10.5. The zero-order valence-corrected chi connectivity index (χ0v) is 9.30. The lowest BCUT2D eigenvalue weighted by Gasteiger charge is -2.32. The van der Waals surface area contributed by atoms with Gasteiger partial charge in [0.05, 0.1) is 5.60 Å². The van der Waals surface area contributed by atoms with Gasteiger partial charge in [0.25, 0.3) is 0 Å². The average molecular weight is 222 g/mol. The Morgan fingerprint density at radius 1 is 1.33 bits per heavy atom. The molecule has 0 saturated carbocycles. The van der Waals surface area contributed by atoms with Gasteiger partial charge in [-0.2, -0.15) is 11.8 Å². The molecule has 1 aliphatic heterocycles. The van der Waals surface area contributed by atoms with Gasteiger partial charge in [0.2, 0.25) is 0 Å². The van der Waals surface area contributed by atoms with E-state index in [1.54, 1.807) is 23.9 Å². The molecule has 1 atom stereocenters. The van der Waals surface area contributed by atoms with Crippen molar-refractivity contribution in [1.82, 2.24) is 0 Å². The molecule has 3 heteroatoms. The monoisotopic (exact) mass is 222 g/mol. The van der Waals surface area contributed by atoms with Gasteiger partial charge in [0.15, 0.2) is 0 Å². The quantitative estimate of drug-likeness (QED) is 0.780. The Kier molecular flexibility index (Phi) is 3.12. The van der Waals surface area contributed by atoms with Crippen molar-refractivity contribution in [2.75, 3.05) is 11.5 Å². The fourth-order valence-corrected chi connectivity index (χ4v) is 3.02. The lowest BCUT2D eigenvalue weighted by Crippen LogP contribution is -2.31. The van der Waals surface area contributed by atoms with E-state index in [1.165, 1.54) is 0 Å². The van der Waals surface area contributed by atoms with Crippen LogP contribution < -0.4 is 0 Å². The van der Waals surface area contributed by atoms with Crippen molar-refractivity contribution in [1.29, 1.82) is 0 Å². The average Bonchev–Trinajstić information content (AvgIpc) is 2.30. The Balaban J connectivity index is 2.23. The second-order valence-corrected chi connectivity index (χ2v) is 5.03. The summed E-state index contributed by atoms with van der Waals surface area (Å²) >= 11 is 1.79. The van der Waals surface area contributed by atoms with Gasteiger partial charge in [-0.3, -0.25) is 4.79 Å². The molecule has 1 aliphatic rings. The minimum atomic E-state index is -0.690. The second-order valence-electron chi connectivity index (χ2n) is 3.93. The molecular weight excluding hydrogens is 208 g/mol. The summed E-state index contributed by atoms with van der Waals surface area (Å²) < 4.78 is 0. The molecule has 1 aromatic rings. The van der Waals surface area contributed by atoms with Gasteiger partial charge in [-0.05, 0) is 24.2 Å². The molecule has 1 heterocycles. The molecular formula is C12H14O2S. The second kappa shape index (κ2) is 4.37. The van der Waals surface area contributed by atoms with Crippen molar-refractivity contribution in [2.45, 2.75) is 18.4 Å². The number of thioether (sulfide) groups is 1. The summed E-state index contributed by atoms with van der Waals surface area (Å²) in [6, 6.07) is 7.24. The van der Waals surface area contributed by atoms with Crippen LogP contribution in [0.3, 0.4) is 0 Å². The van der Waals surface area contributed by atoms with E-state index in [0.29, 0.717) is 5.56 Å². The predicted molar refractivity (Wildman–Crippen MR) is 62.3 cm³/mol. The van der Waals surface area contributed by atoms with Crippen molar-refractivity contribution in [3.05, 3.63) is 35.4 Å². The third-order valence-electron chi connectivity index (χ3n) is 2.80. The highest BCUT2D eigenvalue weighted by atomic mass is 32.2. The van der Waals surface area contributed by atoms with Gasteiger partial charge in [0.1, 0.15) is 6.29 Å². The van der Waals surface area contributed by atoms with Gasteiger partial charge in [-0.15, -0.1) is 0 Å². The lowest BCUT2D eigenvalue weighted by atomic mass is 9.90. The van der Waals surface area contributed by atoms with Crippen molar-refractivity contribution < 1.29 is 9.90 Å². The first-order valence-electron chi connectivity index (χ1n) is 5.10. The molecule has 1 N–H and O–H groups in total. The van der Waals surface area contributed by atoms with Crippen LogP contribution in [0.2, 0.25) is 0 Å². The first kappa shape index (κ1) is 10.7. The zero-order valence-electron chi connectivity index (χ0n) is 8.48. The molecule has 2 rings (SSSR count). The summed E-state index contributed by atoms with van der Waals surface area (Å²) in [5, 5.41) is 10.4. The number of carbonyl (C=O) groups excluding carboxylic acids is 1. The highest BCUT2D eigenvalue weighted by Gasteiger charge is 2.31. The van der Waals surface area contributed by atoms with Crippen LogP contribution >= 0.6 is 11.8 Å². The van der Waals surface area contributed by atoms with E-state index in [4.69, 9.17) is 0 Å². The van der Waals surface area contributed by atoms with E-state index < -0.39 is 5.60 Å². The standard InChI is InChI=1S/C12H14O2S/c13-8-10-2-4-11(5-3-10)12(14)6-1-7-15-9-12/h2-5,8,14H,1,6-7,9H2. The maximum Gasteiger partial charge on any atom is 0.150 e. The molecule has 0 aromatic heterocycles. The molecule has 0 aliphatic carbocycles. The van der Waals surface area contributed by atoms with Crippen LogP contribution in [0.25, 0.3) is 0 Å². The molecule has 1 unspecified atom stereocenters. The maximum atomic E-state index is 10.5. The van der Waals surface area contributed by atoms with Crippen molar-refractivity contribution in [3.8, 4) is 0 Å². The smallest absolute Gasteiger partial charge is 0.150 e. The Morgan fingerprint density at radius 3 is 2.60 bits per heavy atom. The molecule has 2 nitrogen and oxygen atoms in total. The Morgan fingerprint density at radius 2 is 2.07 bits per heavy atom. The molecule has 1 fully saturated rings. The number of aldehydes is 1. The SMILES string of the molecule is O=Cc1ccc(C2(O)CCCSC2)cc1. The van der Waals surface area contributed by atoms with Crippen molar-refractivity contribution in [2.24, 2.45) is 0 Å². The summed E-state index contributed by atoms with van der Waals surface area (Å²) in [7, 11) is 0. The van der Waals surface area contributed by atoms with Gasteiger partial charge in [-0.25, -0.2) is 0 Å². The van der Waals surface area contributed by atoms with Gasteiger partial charge in [-0.1, -0.05) is 24.3 Å². The van der Waals surface area contributed by atoms with Crippen molar-refractivity contribution in [3.63, 3.8) is 0 Å². The minimum Gasteiger partial charge on any atom is -0.384 e. The van der Waals surface area contributed by atoms with E-state index in [0.717, 1.165) is 36.2 Å². The number of carbonyl (C=O) groups is 1. The van der Waals surface area contributed by atoms with Crippen LogP contribution in [-0.4, -0.2) is 22.9 Å². The Labute approximate surface area is 93.7 Å². The zero-order chi connectivity index (χ0) is 10.7. The number of hydrogen-bond donors (Lipinski definition) is 1. The summed E-state index contributed by atoms with van der Waals surface area (Å²) in [5.74, 6) is 1.89. The molecule has 15 heavy (non-hydrogen) atoms. The molecule has 1 saturated heterocycles. The summed E-state index contributed by atoms with van der Waals surface area (Å²) in [4.78, 5) is 10.5. The molecule has 1 aromatic carbocycles.